The van der Waals surface area contributed by atoms with Crippen LogP contribution < -0.4 is 5.32 Å². The van der Waals surface area contributed by atoms with Crippen LogP contribution in [-0.4, -0.2) is 78.5 Å². The quantitative estimate of drug-likeness (QED) is 0.749. The predicted octanol–water partition coefficient (Wildman–Crippen LogP) is 1.82. The van der Waals surface area contributed by atoms with Gasteiger partial charge in [0.2, 0.25) is 0 Å². The van der Waals surface area contributed by atoms with E-state index in [9.17, 15) is 9.90 Å². The first-order valence-corrected chi connectivity index (χ1v) is 9.47. The molecule has 0 aromatic carbocycles. The number of carbonyl (C=O) groups excluding carboxylic acids is 1. The van der Waals surface area contributed by atoms with E-state index in [1.54, 1.807) is 11.9 Å². The molecule has 2 fully saturated rings. The summed E-state index contributed by atoms with van der Waals surface area (Å²) in [6.45, 7) is 7.96. The van der Waals surface area contributed by atoms with Crippen LogP contribution in [0.5, 0.6) is 0 Å². The molecule has 1 aliphatic carbocycles. The van der Waals surface area contributed by atoms with Crippen LogP contribution in [-0.2, 0) is 4.74 Å². The standard InChI is InChI=1S/C18H35N3O3/c1-15(16(2)21-10-12-24-13-11-21)19-17(22)20(3)14-18(23)8-6-4-5-7-9-18/h15-16,23H,4-14H2,1-3H3,(H,19,22). The van der Waals surface area contributed by atoms with Gasteiger partial charge in [-0.05, 0) is 26.7 Å². The van der Waals surface area contributed by atoms with Gasteiger partial charge in [-0.3, -0.25) is 4.90 Å². The van der Waals surface area contributed by atoms with Crippen molar-refractivity contribution in [2.75, 3.05) is 39.9 Å². The molecule has 2 aliphatic rings. The molecule has 0 radical (unpaired) electrons. The number of ether oxygens (including phenoxy) is 1. The minimum Gasteiger partial charge on any atom is -0.388 e. The van der Waals surface area contributed by atoms with Crippen LogP contribution >= 0.6 is 0 Å². The fourth-order valence-electron chi connectivity index (χ4n) is 3.78. The minimum atomic E-state index is -0.721. The van der Waals surface area contributed by atoms with Gasteiger partial charge in [0.1, 0.15) is 0 Å². The number of nitrogens with one attached hydrogen (secondary N) is 1. The SMILES string of the molecule is CC(NC(=O)N(C)CC1(O)CCCCCC1)C(C)N1CCOCC1. The molecule has 0 bridgehead atoms. The van der Waals surface area contributed by atoms with E-state index in [4.69, 9.17) is 4.74 Å². The van der Waals surface area contributed by atoms with Crippen LogP contribution in [0.25, 0.3) is 0 Å². The maximum absolute atomic E-state index is 12.5. The van der Waals surface area contributed by atoms with E-state index in [-0.39, 0.29) is 18.1 Å². The summed E-state index contributed by atoms with van der Waals surface area (Å²) in [4.78, 5) is 16.5. The van der Waals surface area contributed by atoms with Crippen molar-refractivity contribution in [2.24, 2.45) is 0 Å². The Bertz CT molecular complexity index is 391. The molecule has 6 nitrogen and oxygen atoms in total. The van der Waals surface area contributed by atoms with Gasteiger partial charge in [0.25, 0.3) is 0 Å². The molecule has 1 aliphatic heterocycles. The molecule has 2 N–H and O–H groups in total. The lowest BCUT2D eigenvalue weighted by atomic mass is 9.94. The smallest absolute Gasteiger partial charge is 0.317 e. The first-order valence-electron chi connectivity index (χ1n) is 9.47. The molecular formula is C18H35N3O3. The summed E-state index contributed by atoms with van der Waals surface area (Å²) in [5.41, 5.74) is -0.721. The number of aliphatic hydroxyl groups is 1. The Kier molecular flexibility index (Phi) is 7.32. The Labute approximate surface area is 146 Å². The van der Waals surface area contributed by atoms with Crippen molar-refractivity contribution < 1.29 is 14.6 Å². The Morgan fingerprint density at radius 1 is 1.21 bits per heavy atom. The van der Waals surface area contributed by atoms with Crippen molar-refractivity contribution in [2.45, 2.75) is 70.1 Å². The molecular weight excluding hydrogens is 306 g/mol. The summed E-state index contributed by atoms with van der Waals surface area (Å²) in [7, 11) is 1.78. The Balaban J connectivity index is 1.81. The van der Waals surface area contributed by atoms with Crippen LogP contribution in [0.15, 0.2) is 0 Å². The molecule has 6 heteroatoms. The van der Waals surface area contributed by atoms with Crippen molar-refractivity contribution >= 4 is 6.03 Å². The second-order valence-corrected chi connectivity index (χ2v) is 7.62. The Morgan fingerprint density at radius 2 is 1.79 bits per heavy atom. The molecule has 1 saturated carbocycles. The van der Waals surface area contributed by atoms with Gasteiger partial charge in [0.15, 0.2) is 0 Å². The highest BCUT2D eigenvalue weighted by Crippen LogP contribution is 2.27. The van der Waals surface area contributed by atoms with Gasteiger partial charge in [-0.25, -0.2) is 4.79 Å². The third-order valence-corrected chi connectivity index (χ3v) is 5.61. The minimum absolute atomic E-state index is 0.0572. The summed E-state index contributed by atoms with van der Waals surface area (Å²) in [5, 5.41) is 13.9. The summed E-state index contributed by atoms with van der Waals surface area (Å²) in [6.07, 6.45) is 6.07. The van der Waals surface area contributed by atoms with Crippen molar-refractivity contribution in [3.63, 3.8) is 0 Å². The molecule has 2 rings (SSSR count). The second kappa shape index (κ2) is 9.02. The molecule has 1 heterocycles. The van der Waals surface area contributed by atoms with Gasteiger partial charge in [-0.2, -0.15) is 0 Å². The summed E-state index contributed by atoms with van der Waals surface area (Å²) in [6, 6.07) is 0.231. The zero-order chi connectivity index (χ0) is 17.6. The van der Waals surface area contributed by atoms with Crippen LogP contribution in [0.4, 0.5) is 4.79 Å². The highest BCUT2D eigenvalue weighted by molar-refractivity contribution is 5.74. The van der Waals surface area contributed by atoms with E-state index >= 15 is 0 Å². The lowest BCUT2D eigenvalue weighted by Gasteiger charge is -2.37. The average molecular weight is 341 g/mol. The summed E-state index contributed by atoms with van der Waals surface area (Å²) >= 11 is 0. The van der Waals surface area contributed by atoms with Crippen molar-refractivity contribution in [3.8, 4) is 0 Å². The van der Waals surface area contributed by atoms with Gasteiger partial charge in [0.05, 0.1) is 25.4 Å². The predicted molar refractivity (Wildman–Crippen MR) is 95.1 cm³/mol. The number of likely N-dealkylation sites (N-methyl/N-ethyl adjacent to an activating group) is 1. The topological polar surface area (TPSA) is 65.0 Å². The number of carbonyl (C=O) groups is 1. The lowest BCUT2D eigenvalue weighted by Crippen LogP contribution is -2.55. The van der Waals surface area contributed by atoms with Gasteiger partial charge < -0.3 is 20.1 Å². The molecule has 140 valence electrons. The van der Waals surface area contributed by atoms with Crippen molar-refractivity contribution in [1.82, 2.24) is 15.1 Å². The lowest BCUT2D eigenvalue weighted by molar-refractivity contribution is 0.00246. The van der Waals surface area contributed by atoms with Crippen LogP contribution in [0, 0.1) is 0 Å². The van der Waals surface area contributed by atoms with Crippen LogP contribution in [0.1, 0.15) is 52.4 Å². The van der Waals surface area contributed by atoms with Crippen LogP contribution in [0.2, 0.25) is 0 Å². The van der Waals surface area contributed by atoms with Crippen LogP contribution in [0.3, 0.4) is 0 Å². The van der Waals surface area contributed by atoms with E-state index < -0.39 is 5.60 Å². The number of morpholine rings is 1. The number of hydrogen-bond donors (Lipinski definition) is 2. The molecule has 2 amide bonds. The van der Waals surface area contributed by atoms with E-state index in [0.29, 0.717) is 6.54 Å². The molecule has 1 saturated heterocycles. The monoisotopic (exact) mass is 341 g/mol. The first-order chi connectivity index (χ1) is 11.4. The first kappa shape index (κ1) is 19.5. The number of rotatable bonds is 5. The third-order valence-electron chi connectivity index (χ3n) is 5.61. The highest BCUT2D eigenvalue weighted by atomic mass is 16.5. The molecule has 0 spiro atoms. The summed E-state index contributed by atoms with van der Waals surface area (Å²) < 4.78 is 5.39. The Morgan fingerprint density at radius 3 is 2.38 bits per heavy atom. The zero-order valence-electron chi connectivity index (χ0n) is 15.6. The van der Waals surface area contributed by atoms with E-state index in [2.05, 4.69) is 17.1 Å². The highest BCUT2D eigenvalue weighted by Gasteiger charge is 2.31. The van der Waals surface area contributed by atoms with E-state index in [0.717, 1.165) is 52.0 Å². The number of urea groups is 1. The van der Waals surface area contributed by atoms with Crippen molar-refractivity contribution in [3.05, 3.63) is 0 Å². The summed E-state index contributed by atoms with van der Waals surface area (Å²) in [5.74, 6) is 0. The second-order valence-electron chi connectivity index (χ2n) is 7.62. The van der Waals surface area contributed by atoms with Gasteiger partial charge >= 0.3 is 6.03 Å². The van der Waals surface area contributed by atoms with Gasteiger partial charge in [-0.1, -0.05) is 25.7 Å². The largest absolute Gasteiger partial charge is 0.388 e. The number of hydrogen-bond acceptors (Lipinski definition) is 4. The van der Waals surface area contributed by atoms with E-state index in [1.807, 2.05) is 6.92 Å². The number of nitrogens with zero attached hydrogens (tertiary/aromatic N) is 2. The molecule has 0 aromatic rings. The van der Waals surface area contributed by atoms with E-state index in [1.165, 1.54) is 12.8 Å². The van der Waals surface area contributed by atoms with Gasteiger partial charge in [0, 0.05) is 32.2 Å². The molecule has 0 aromatic heterocycles. The maximum Gasteiger partial charge on any atom is 0.317 e. The molecule has 2 unspecified atom stereocenters. The average Bonchev–Trinajstić information content (AvgIpc) is 2.79. The zero-order valence-corrected chi connectivity index (χ0v) is 15.6. The van der Waals surface area contributed by atoms with Crippen molar-refractivity contribution in [1.29, 1.82) is 0 Å². The fraction of sp³-hybridized carbons (Fsp3) is 0.944. The third kappa shape index (κ3) is 5.60. The Hall–Kier alpha value is -0.850. The fourth-order valence-corrected chi connectivity index (χ4v) is 3.78. The van der Waals surface area contributed by atoms with Gasteiger partial charge in [-0.15, -0.1) is 0 Å². The number of amides is 2. The maximum atomic E-state index is 12.5. The molecule has 24 heavy (non-hydrogen) atoms. The normalized spacial score (nSPS) is 24.7. The molecule has 2 atom stereocenters.